The summed E-state index contributed by atoms with van der Waals surface area (Å²) in [7, 11) is 0. The van der Waals surface area contributed by atoms with Crippen LogP contribution in [0.1, 0.15) is 40.4 Å². The van der Waals surface area contributed by atoms with E-state index in [-0.39, 0.29) is 30.7 Å². The largest absolute Gasteiger partial charge is 1.00 e. The van der Waals surface area contributed by atoms with E-state index in [2.05, 4.69) is 112 Å². The molecule has 7 rings (SSSR count). The van der Waals surface area contributed by atoms with Gasteiger partial charge >= 0.3 is 230 Å². The zero-order chi connectivity index (χ0) is 24.8. The summed E-state index contributed by atoms with van der Waals surface area (Å²) in [5, 5.41) is 2.94. The van der Waals surface area contributed by atoms with Gasteiger partial charge in [-0.3, -0.25) is 0 Å². The Labute approximate surface area is 253 Å². The van der Waals surface area contributed by atoms with Gasteiger partial charge in [-0.2, -0.15) is 0 Å². The van der Waals surface area contributed by atoms with E-state index in [4.69, 9.17) is 0 Å². The number of halogens is 2. The van der Waals surface area contributed by atoms with Gasteiger partial charge in [-0.1, -0.05) is 0 Å². The van der Waals surface area contributed by atoms with E-state index in [0.717, 1.165) is 12.3 Å². The minimum Gasteiger partial charge on any atom is -1.00 e. The van der Waals surface area contributed by atoms with Crippen molar-refractivity contribution >= 4 is 22.2 Å². The second-order valence-corrected chi connectivity index (χ2v) is 25.5. The Morgan fingerprint density at radius 3 is 1.67 bits per heavy atom. The number of benzene rings is 4. The fraction of sp³-hybridized carbons (Fsp3) is 0.242. The van der Waals surface area contributed by atoms with Gasteiger partial charge in [0, 0.05) is 0 Å². The Bertz CT molecular complexity index is 1350. The molecule has 3 atom stereocenters. The van der Waals surface area contributed by atoms with Crippen LogP contribution in [0.2, 0.25) is 0 Å². The second kappa shape index (κ2) is 12.3. The third kappa shape index (κ3) is 5.26. The Morgan fingerprint density at radius 2 is 1.18 bits per heavy atom. The van der Waals surface area contributed by atoms with Crippen molar-refractivity contribution in [1.82, 2.24) is 3.26 Å². The summed E-state index contributed by atoms with van der Waals surface area (Å²) in [6, 6.07) is 40.3. The molecule has 0 aliphatic heterocycles. The molecule has 2 fully saturated rings. The van der Waals surface area contributed by atoms with Gasteiger partial charge < -0.3 is 24.8 Å². The van der Waals surface area contributed by atoms with Crippen molar-refractivity contribution in [3.63, 3.8) is 0 Å². The summed E-state index contributed by atoms with van der Waals surface area (Å²) in [5.41, 5.74) is 5.61. The third-order valence-corrected chi connectivity index (χ3v) is 28.5. The molecule has 0 heterocycles. The van der Waals surface area contributed by atoms with Crippen molar-refractivity contribution in [2.24, 2.45) is 17.8 Å². The number of carbonyl (C=O) groups is 1. The molecule has 3 aliphatic rings. The van der Waals surface area contributed by atoms with Crippen LogP contribution in [-0.2, 0) is 26.0 Å². The fourth-order valence-corrected chi connectivity index (χ4v) is 29.3. The molecule has 0 saturated heterocycles. The first-order chi connectivity index (χ1) is 18.3. The van der Waals surface area contributed by atoms with Crippen LogP contribution in [0.15, 0.2) is 109 Å². The predicted molar refractivity (Wildman–Crippen MR) is 150 cm³/mol. The van der Waals surface area contributed by atoms with Crippen molar-refractivity contribution in [1.29, 1.82) is 0 Å². The zero-order valence-corrected chi connectivity index (χ0v) is 26.9. The molecule has 0 radical (unpaired) electrons. The quantitative estimate of drug-likeness (QED) is 0.278. The topological polar surface area (TPSA) is 29.1 Å². The molecule has 2 saturated carbocycles. The number of hydrogen-bond donors (Lipinski definition) is 1. The predicted octanol–water partition coefficient (Wildman–Crippen LogP) is -0.612. The van der Waals surface area contributed by atoms with Crippen LogP contribution in [0.4, 0.5) is 0 Å². The second-order valence-electron chi connectivity index (χ2n) is 11.1. The molecule has 1 amide bonds. The van der Waals surface area contributed by atoms with Crippen molar-refractivity contribution < 1.29 is 50.8 Å². The van der Waals surface area contributed by atoms with Gasteiger partial charge in [-0.05, 0) is 0 Å². The number of fused-ring (bicyclic) bond motifs is 5. The first-order valence-corrected chi connectivity index (χ1v) is 22.4. The maximum atomic E-state index is 14.2. The molecule has 6 heteroatoms. The minimum absolute atomic E-state index is 0. The van der Waals surface area contributed by atoms with Crippen molar-refractivity contribution in [3.8, 4) is 11.1 Å². The van der Waals surface area contributed by atoms with E-state index in [0.29, 0.717) is 15.5 Å². The molecule has 4 aromatic rings. The molecule has 2 bridgehead atoms. The zero-order valence-electron chi connectivity index (χ0n) is 21.8. The molecule has 4 aromatic carbocycles. The molecule has 0 spiro atoms. The normalized spacial score (nSPS) is 20.5. The minimum atomic E-state index is -2.75. The monoisotopic (exact) mass is 646 g/mol. The Morgan fingerprint density at radius 1 is 0.667 bits per heavy atom. The maximum Gasteiger partial charge on any atom is -1.00 e. The van der Waals surface area contributed by atoms with Crippen molar-refractivity contribution in [2.75, 3.05) is 0 Å². The number of nitrogens with one attached hydrogen (secondary N) is 1. The Balaban J connectivity index is 0.00000154. The number of rotatable bonds is 6. The summed E-state index contributed by atoms with van der Waals surface area (Å²) >= 11 is -2.75. The van der Waals surface area contributed by atoms with Crippen LogP contribution in [0.25, 0.3) is 11.1 Å². The van der Waals surface area contributed by atoms with Crippen molar-refractivity contribution in [3.05, 3.63) is 120 Å². The van der Waals surface area contributed by atoms with Crippen LogP contribution >= 0.6 is 0 Å². The van der Waals surface area contributed by atoms with E-state index in [1.165, 1.54) is 51.9 Å². The molecule has 39 heavy (non-hydrogen) atoms. The van der Waals surface area contributed by atoms with Gasteiger partial charge in [0.15, 0.2) is 0 Å². The average Bonchev–Trinajstić information content (AvgIpc) is 3.67. The molecular formula is C33H32Cl2NOSiZr. The first kappa shape index (κ1) is 28.6. The standard InChI is InChI=1S/C13H9.C12H11Si.C8H13NO.2ClH.Zr/c1-3-7-12-10(5-1)9-11-6-2-4-8-13(11)12;1-3-7-11(8-4-1)13-12-9-5-2-6-10-12;9-8(10)7-4-5-1-2-6(7)3-5;;;/h1-9H;1-10,13H;5-7H,1-4H2,(H2,9,10);2*1H;/q;;;;;+3/p-3. The summed E-state index contributed by atoms with van der Waals surface area (Å²) in [6.45, 7) is 0. The van der Waals surface area contributed by atoms with Crippen LogP contribution in [0.5, 0.6) is 0 Å². The smallest absolute Gasteiger partial charge is 1.00 e. The van der Waals surface area contributed by atoms with Gasteiger partial charge in [0.05, 0.1) is 0 Å². The Hall–Kier alpha value is -1.97. The fourth-order valence-electron chi connectivity index (χ4n) is 7.44. The van der Waals surface area contributed by atoms with E-state index in [1.807, 2.05) is 0 Å². The number of hydrogen-bond acceptors (Lipinski definition) is 1. The van der Waals surface area contributed by atoms with Crippen LogP contribution in [0.3, 0.4) is 0 Å². The SMILES string of the molecule is O=C([NH][Zr+2]([CH]1c2ccccc2-c2ccccc21)[SiH](c1ccccc1)c1ccccc1)C1CC2CCC1C2.[Cl-].[Cl-]. The van der Waals surface area contributed by atoms with Gasteiger partial charge in [-0.25, -0.2) is 0 Å². The first-order valence-electron chi connectivity index (χ1n) is 13.7. The summed E-state index contributed by atoms with van der Waals surface area (Å²) in [5.74, 6) is 0.296. The van der Waals surface area contributed by atoms with Gasteiger partial charge in [0.1, 0.15) is 0 Å². The van der Waals surface area contributed by atoms with Crippen LogP contribution in [-0.4, -0.2) is 11.8 Å². The maximum absolute atomic E-state index is 14.2. The van der Waals surface area contributed by atoms with Crippen LogP contribution in [0, 0.1) is 17.8 Å². The van der Waals surface area contributed by atoms with E-state index in [1.54, 1.807) is 0 Å². The number of amides is 1. The number of carbonyl (C=O) groups excluding carboxylic acids is 1. The third-order valence-electron chi connectivity index (χ3n) is 9.06. The molecular weight excluding hydrogens is 617 g/mol. The van der Waals surface area contributed by atoms with Gasteiger partial charge in [0.25, 0.3) is 0 Å². The van der Waals surface area contributed by atoms with E-state index >= 15 is 0 Å². The molecule has 1 N–H and O–H groups in total. The summed E-state index contributed by atoms with van der Waals surface area (Å²) < 4.78 is 4.33. The molecule has 0 aromatic heterocycles. The molecule has 3 unspecified atom stereocenters. The average molecular weight is 649 g/mol. The summed E-state index contributed by atoms with van der Waals surface area (Å²) in [4.78, 5) is 14.2. The van der Waals surface area contributed by atoms with Gasteiger partial charge in [0.2, 0.25) is 0 Å². The van der Waals surface area contributed by atoms with E-state index in [9.17, 15) is 4.79 Å². The molecule has 2 nitrogen and oxygen atoms in total. The molecule has 3 aliphatic carbocycles. The molecule has 197 valence electrons. The summed E-state index contributed by atoms with van der Waals surface area (Å²) in [6.07, 6.45) is 4.95. The Kier molecular flexibility index (Phi) is 8.98. The van der Waals surface area contributed by atoms with Gasteiger partial charge in [-0.15, -0.1) is 0 Å². The van der Waals surface area contributed by atoms with Crippen LogP contribution < -0.4 is 38.4 Å². The van der Waals surface area contributed by atoms with Crippen molar-refractivity contribution in [2.45, 2.75) is 29.3 Å². The van der Waals surface area contributed by atoms with E-state index < -0.39 is 27.1 Å².